The molecule has 0 radical (unpaired) electrons. The summed E-state index contributed by atoms with van der Waals surface area (Å²) < 4.78 is 10.4. The molecule has 2 aromatic rings. The molecule has 1 aromatic carbocycles. The number of methoxy groups -OCH3 is 2. The van der Waals surface area contributed by atoms with Gasteiger partial charge in [-0.2, -0.15) is 0 Å². The SMILES string of the molecule is CCc1nc(-c2cc(OC)cc(OC)c2)cc(=O)[nH]1. The Morgan fingerprint density at radius 1 is 1.11 bits per heavy atom. The first-order valence-electron chi connectivity index (χ1n) is 6.00. The Bertz CT molecular complexity index is 613. The van der Waals surface area contributed by atoms with Gasteiger partial charge in [-0.3, -0.25) is 4.79 Å². The molecule has 0 unspecified atom stereocenters. The third-order valence-corrected chi connectivity index (χ3v) is 2.77. The fourth-order valence-corrected chi connectivity index (χ4v) is 1.78. The van der Waals surface area contributed by atoms with E-state index in [0.29, 0.717) is 29.4 Å². The van der Waals surface area contributed by atoms with Crippen molar-refractivity contribution in [1.29, 1.82) is 0 Å². The smallest absolute Gasteiger partial charge is 0.251 e. The molecule has 0 aliphatic carbocycles. The summed E-state index contributed by atoms with van der Waals surface area (Å²) >= 11 is 0. The number of ether oxygens (including phenoxy) is 2. The van der Waals surface area contributed by atoms with E-state index >= 15 is 0 Å². The fourth-order valence-electron chi connectivity index (χ4n) is 1.78. The molecule has 1 N–H and O–H groups in total. The highest BCUT2D eigenvalue weighted by atomic mass is 16.5. The molecule has 0 saturated carbocycles. The van der Waals surface area contributed by atoms with Crippen LogP contribution in [0.1, 0.15) is 12.7 Å². The topological polar surface area (TPSA) is 64.2 Å². The first kappa shape index (κ1) is 13.1. The van der Waals surface area contributed by atoms with Crippen LogP contribution in [0.5, 0.6) is 11.5 Å². The summed E-state index contributed by atoms with van der Waals surface area (Å²) in [5.74, 6) is 1.98. The molecule has 0 spiro atoms. The van der Waals surface area contributed by atoms with Crippen LogP contribution in [0.4, 0.5) is 0 Å². The average molecular weight is 260 g/mol. The van der Waals surface area contributed by atoms with Gasteiger partial charge >= 0.3 is 0 Å². The van der Waals surface area contributed by atoms with Gasteiger partial charge in [-0.15, -0.1) is 0 Å². The van der Waals surface area contributed by atoms with E-state index in [2.05, 4.69) is 9.97 Å². The van der Waals surface area contributed by atoms with E-state index < -0.39 is 0 Å². The van der Waals surface area contributed by atoms with Crippen LogP contribution in [0.3, 0.4) is 0 Å². The molecule has 5 nitrogen and oxygen atoms in total. The third-order valence-electron chi connectivity index (χ3n) is 2.77. The van der Waals surface area contributed by atoms with Gasteiger partial charge in [0.05, 0.1) is 19.9 Å². The van der Waals surface area contributed by atoms with Gasteiger partial charge in [-0.1, -0.05) is 6.92 Å². The molecule has 19 heavy (non-hydrogen) atoms. The number of aromatic nitrogens is 2. The zero-order chi connectivity index (χ0) is 13.8. The van der Waals surface area contributed by atoms with Crippen molar-refractivity contribution in [2.75, 3.05) is 14.2 Å². The van der Waals surface area contributed by atoms with Crippen molar-refractivity contribution < 1.29 is 9.47 Å². The first-order valence-corrected chi connectivity index (χ1v) is 6.00. The Labute approximate surface area is 111 Å². The Morgan fingerprint density at radius 3 is 2.26 bits per heavy atom. The Balaban J connectivity index is 2.57. The zero-order valence-corrected chi connectivity index (χ0v) is 11.2. The highest BCUT2D eigenvalue weighted by molar-refractivity contribution is 5.63. The van der Waals surface area contributed by atoms with Crippen LogP contribution >= 0.6 is 0 Å². The number of aromatic amines is 1. The van der Waals surface area contributed by atoms with Crippen LogP contribution in [0.25, 0.3) is 11.3 Å². The van der Waals surface area contributed by atoms with E-state index in [0.717, 1.165) is 5.56 Å². The minimum Gasteiger partial charge on any atom is -0.497 e. The second kappa shape index (κ2) is 5.56. The van der Waals surface area contributed by atoms with Crippen LogP contribution < -0.4 is 15.0 Å². The maximum atomic E-state index is 11.6. The monoisotopic (exact) mass is 260 g/mol. The summed E-state index contributed by atoms with van der Waals surface area (Å²) in [6.07, 6.45) is 0.671. The van der Waals surface area contributed by atoms with Crippen molar-refractivity contribution in [3.63, 3.8) is 0 Å². The van der Waals surface area contributed by atoms with Crippen molar-refractivity contribution >= 4 is 0 Å². The highest BCUT2D eigenvalue weighted by Crippen LogP contribution is 2.28. The van der Waals surface area contributed by atoms with E-state index in [9.17, 15) is 4.79 Å². The Hall–Kier alpha value is -2.30. The van der Waals surface area contributed by atoms with E-state index in [1.165, 1.54) is 6.07 Å². The quantitative estimate of drug-likeness (QED) is 0.913. The van der Waals surface area contributed by atoms with E-state index in [-0.39, 0.29) is 5.56 Å². The number of hydrogen-bond acceptors (Lipinski definition) is 4. The van der Waals surface area contributed by atoms with Crippen molar-refractivity contribution in [3.8, 4) is 22.8 Å². The van der Waals surface area contributed by atoms with Crippen molar-refractivity contribution in [2.24, 2.45) is 0 Å². The molecule has 0 fully saturated rings. The van der Waals surface area contributed by atoms with E-state index in [1.54, 1.807) is 20.3 Å². The number of H-pyrrole nitrogens is 1. The molecular formula is C14H16N2O3. The molecule has 0 bridgehead atoms. The Morgan fingerprint density at radius 2 is 1.74 bits per heavy atom. The van der Waals surface area contributed by atoms with E-state index in [4.69, 9.17) is 9.47 Å². The number of rotatable bonds is 4. The molecular weight excluding hydrogens is 244 g/mol. The second-order valence-corrected chi connectivity index (χ2v) is 4.03. The molecule has 1 aromatic heterocycles. The summed E-state index contributed by atoms with van der Waals surface area (Å²) in [6, 6.07) is 6.89. The van der Waals surface area contributed by atoms with Gasteiger partial charge in [0.15, 0.2) is 0 Å². The number of aryl methyl sites for hydroxylation is 1. The van der Waals surface area contributed by atoms with Crippen molar-refractivity contribution in [1.82, 2.24) is 9.97 Å². The number of hydrogen-bond donors (Lipinski definition) is 1. The Kier molecular flexibility index (Phi) is 3.85. The van der Waals surface area contributed by atoms with Gasteiger partial charge in [-0.05, 0) is 12.1 Å². The summed E-state index contributed by atoms with van der Waals surface area (Å²) in [6.45, 7) is 1.94. The van der Waals surface area contributed by atoms with Gasteiger partial charge in [0.25, 0.3) is 5.56 Å². The van der Waals surface area contributed by atoms with Gasteiger partial charge in [-0.25, -0.2) is 4.98 Å². The van der Waals surface area contributed by atoms with Gasteiger partial charge < -0.3 is 14.5 Å². The molecule has 0 aliphatic rings. The normalized spacial score (nSPS) is 10.3. The van der Waals surface area contributed by atoms with E-state index in [1.807, 2.05) is 19.1 Å². The molecule has 0 saturated heterocycles. The predicted octanol–water partition coefficient (Wildman–Crippen LogP) is 2.02. The molecule has 0 atom stereocenters. The van der Waals surface area contributed by atoms with Crippen LogP contribution in [0.2, 0.25) is 0 Å². The summed E-state index contributed by atoms with van der Waals surface area (Å²) in [5, 5.41) is 0. The lowest BCUT2D eigenvalue weighted by atomic mass is 10.1. The summed E-state index contributed by atoms with van der Waals surface area (Å²) in [5.41, 5.74) is 1.23. The number of benzene rings is 1. The summed E-state index contributed by atoms with van der Waals surface area (Å²) in [7, 11) is 3.17. The minimum atomic E-state index is -0.163. The second-order valence-electron chi connectivity index (χ2n) is 4.03. The minimum absolute atomic E-state index is 0.163. The van der Waals surface area contributed by atoms with Crippen LogP contribution in [0, 0.1) is 0 Å². The molecule has 1 heterocycles. The molecule has 2 rings (SSSR count). The predicted molar refractivity (Wildman–Crippen MR) is 72.8 cm³/mol. The average Bonchev–Trinajstić information content (AvgIpc) is 2.45. The standard InChI is InChI=1S/C14H16N2O3/c1-4-13-15-12(8-14(17)16-13)9-5-10(18-2)7-11(6-9)19-3/h5-8H,4H2,1-3H3,(H,15,16,17). The molecule has 100 valence electrons. The van der Waals surface area contributed by atoms with Crippen LogP contribution in [-0.4, -0.2) is 24.2 Å². The molecule has 0 amide bonds. The number of nitrogens with one attached hydrogen (secondary N) is 1. The van der Waals surface area contributed by atoms with Gasteiger partial charge in [0.1, 0.15) is 17.3 Å². The lowest BCUT2D eigenvalue weighted by Crippen LogP contribution is -2.10. The van der Waals surface area contributed by atoms with Gasteiger partial charge in [0, 0.05) is 24.1 Å². The maximum absolute atomic E-state index is 11.6. The van der Waals surface area contributed by atoms with Crippen molar-refractivity contribution in [2.45, 2.75) is 13.3 Å². The first-order chi connectivity index (χ1) is 9.16. The largest absolute Gasteiger partial charge is 0.497 e. The molecule has 0 aliphatic heterocycles. The van der Waals surface area contributed by atoms with Crippen molar-refractivity contribution in [3.05, 3.63) is 40.4 Å². The summed E-state index contributed by atoms with van der Waals surface area (Å²) in [4.78, 5) is 18.7. The number of nitrogens with zero attached hydrogens (tertiary/aromatic N) is 1. The maximum Gasteiger partial charge on any atom is 0.251 e. The van der Waals surface area contributed by atoms with Crippen LogP contribution in [0.15, 0.2) is 29.1 Å². The molecule has 5 heteroatoms. The third kappa shape index (κ3) is 2.93. The van der Waals surface area contributed by atoms with Gasteiger partial charge in [0.2, 0.25) is 0 Å². The fraction of sp³-hybridized carbons (Fsp3) is 0.286. The lowest BCUT2D eigenvalue weighted by Gasteiger charge is -2.08. The highest BCUT2D eigenvalue weighted by Gasteiger charge is 2.07. The zero-order valence-electron chi connectivity index (χ0n) is 11.2. The lowest BCUT2D eigenvalue weighted by molar-refractivity contribution is 0.394. The van der Waals surface area contributed by atoms with Crippen LogP contribution in [-0.2, 0) is 6.42 Å².